The molecular weight excluding hydrogens is 1220 g/mol. The molecule has 3 aromatic carbocycles. The number of primary amides is 1. The van der Waals surface area contributed by atoms with E-state index in [4.69, 9.17) is 20.9 Å². The third-order valence-corrected chi connectivity index (χ3v) is 17.0. The number of aliphatic imine (C=N–C) groups is 1. The SMILES string of the molecule is COCCCCCCCOc1ccc(-c2nnc(-c3ccc(C(=O)N[C@H]4C[C@H](O)CNC(=O)[C@@H]5[C@@H](O)[C@H](C)CN5C(=O)[C@H]([C@H](O)CCN=C(N)CC(N)=O)NC(=O)[C@H]([C@H](O)Cc5ccc(O)c(O)c5)NC(=O)[C@@H]5C[C@H](O)CN5C(=O)[C@H]([C@H](C)O)NC4=O)cc3)s2)cc1. The van der Waals surface area contributed by atoms with Gasteiger partial charge in [-0.3, -0.25) is 43.3 Å². The van der Waals surface area contributed by atoms with Crippen molar-refractivity contribution in [2.75, 3.05) is 46.5 Å². The van der Waals surface area contributed by atoms with Crippen molar-refractivity contribution in [2.24, 2.45) is 22.4 Å². The van der Waals surface area contributed by atoms with Gasteiger partial charge in [0.05, 0.1) is 49.7 Å². The molecule has 17 N–H and O–H groups in total. The number of methoxy groups -OCH3 is 1. The van der Waals surface area contributed by atoms with Gasteiger partial charge in [-0.2, -0.15) is 0 Å². The lowest BCUT2D eigenvalue weighted by Gasteiger charge is -2.34. The molecule has 0 aliphatic carbocycles. The number of amidine groups is 1. The molecule has 7 rings (SSSR count). The molecule has 0 saturated carbocycles. The molecule has 3 aliphatic heterocycles. The smallest absolute Gasteiger partial charge is 0.251 e. The number of aromatic hydroxyl groups is 2. The van der Waals surface area contributed by atoms with Gasteiger partial charge in [0.15, 0.2) is 11.5 Å². The summed E-state index contributed by atoms with van der Waals surface area (Å²) in [6.07, 6.45) is -7.94. The Bertz CT molecular complexity index is 3250. The van der Waals surface area contributed by atoms with Gasteiger partial charge in [-0.25, -0.2) is 0 Å². The number of carbonyl (C=O) groups excluding carboxylic acids is 8. The number of β-amino-alcohol motifs (C(OH)–C–C–N with tert-alkyl or cyclic N) is 1. The number of nitrogens with two attached hydrogens (primary N) is 2. The highest BCUT2D eigenvalue weighted by Gasteiger charge is 2.50. The standard InChI is InChI=1S/C61H82N12O18S/c1-31-29-73-51(52(31)82)57(87)65-28-37(75)25-40(66-53(83)34-10-12-35(13-11-34)58-70-71-59(92-58)36-14-16-39(17-15-36)91-22-8-6-4-5-7-21-90-3)54(84)67-48(32(2)74)60(88)72-30-38(76)26-41(72)55(85)68-49(45(80)24-33-9-18-42(77)44(79)23-33)56(86)69-50(61(73)89)43(78)19-20-64-46(62)27-47(63)81/h9-18,23,31-32,37-38,40-41,43,45,48-52,74-80,82H,4-8,19-22,24-30H2,1-3H3,(H2,62,64)(H2,63,81)(H,65,87)(H,66,83)(H,67,84)(H,68,85)(H,69,86)/t31-,32+,37+,38+,40+,41+,43-,45-,48+,49+,50+,51+,52+/m1/s1. The molecule has 92 heavy (non-hydrogen) atoms. The Morgan fingerprint density at radius 3 is 1.99 bits per heavy atom. The third kappa shape index (κ3) is 19.1. The zero-order valence-electron chi connectivity index (χ0n) is 51.1. The van der Waals surface area contributed by atoms with Gasteiger partial charge in [0, 0.05) is 81.8 Å². The van der Waals surface area contributed by atoms with Crippen LogP contribution >= 0.6 is 11.3 Å². The quantitative estimate of drug-likeness (QED) is 0.0163. The number of benzene rings is 3. The summed E-state index contributed by atoms with van der Waals surface area (Å²) in [7, 11) is 1.69. The number of aliphatic hydroxyl groups is 6. The maximum absolute atomic E-state index is 14.9. The molecule has 500 valence electrons. The largest absolute Gasteiger partial charge is 0.504 e. The van der Waals surface area contributed by atoms with E-state index >= 15 is 0 Å². The van der Waals surface area contributed by atoms with Crippen molar-refractivity contribution in [3.63, 3.8) is 0 Å². The average Bonchev–Trinajstić information content (AvgIpc) is 1.63. The first kappa shape index (κ1) is 71.0. The number of fused-ring (bicyclic) bond motifs is 2. The molecule has 8 amide bonds. The van der Waals surface area contributed by atoms with Gasteiger partial charge in [-0.05, 0) is 80.3 Å². The minimum atomic E-state index is -2.14. The van der Waals surface area contributed by atoms with Crippen molar-refractivity contribution >= 4 is 64.4 Å². The summed E-state index contributed by atoms with van der Waals surface area (Å²) in [5.41, 5.74) is 12.5. The fourth-order valence-electron chi connectivity index (χ4n) is 10.9. The summed E-state index contributed by atoms with van der Waals surface area (Å²) in [4.78, 5) is 119. The molecule has 0 unspecified atom stereocenters. The molecule has 0 bridgehead atoms. The third-order valence-electron chi connectivity index (χ3n) is 16.0. The van der Waals surface area contributed by atoms with Gasteiger partial charge < -0.3 is 98.2 Å². The number of hydrogen-bond acceptors (Lipinski definition) is 22. The van der Waals surface area contributed by atoms with Gasteiger partial charge in [-0.1, -0.05) is 55.7 Å². The van der Waals surface area contributed by atoms with E-state index in [0.29, 0.717) is 27.9 Å². The summed E-state index contributed by atoms with van der Waals surface area (Å²) >= 11 is 1.29. The van der Waals surface area contributed by atoms with Crippen molar-refractivity contribution in [2.45, 2.75) is 151 Å². The van der Waals surface area contributed by atoms with E-state index in [1.54, 1.807) is 19.2 Å². The first-order valence-corrected chi connectivity index (χ1v) is 31.1. The van der Waals surface area contributed by atoms with Crippen LogP contribution in [-0.4, -0.2) is 233 Å². The average molecular weight is 1300 g/mol. The Morgan fingerprint density at radius 1 is 0.728 bits per heavy atom. The van der Waals surface area contributed by atoms with Gasteiger partial charge in [0.1, 0.15) is 57.9 Å². The monoisotopic (exact) mass is 1300 g/mol. The zero-order valence-corrected chi connectivity index (χ0v) is 51.9. The van der Waals surface area contributed by atoms with Crippen LogP contribution < -0.4 is 42.8 Å². The highest BCUT2D eigenvalue weighted by Crippen LogP contribution is 2.32. The molecular formula is C61H82N12O18S. The van der Waals surface area contributed by atoms with Crippen molar-refractivity contribution in [3.05, 3.63) is 77.9 Å². The number of amides is 8. The first-order chi connectivity index (χ1) is 43.8. The summed E-state index contributed by atoms with van der Waals surface area (Å²) in [6, 6.07) is 5.53. The summed E-state index contributed by atoms with van der Waals surface area (Å²) in [5.74, 6) is -10.3. The maximum atomic E-state index is 14.9. The number of aromatic nitrogens is 2. The molecule has 13 atom stereocenters. The molecule has 0 spiro atoms. The molecule has 1 aromatic heterocycles. The molecule has 0 radical (unpaired) electrons. The number of rotatable bonds is 23. The van der Waals surface area contributed by atoms with Crippen LogP contribution in [-0.2, 0) is 44.7 Å². The second-order valence-corrected chi connectivity index (χ2v) is 24.2. The maximum Gasteiger partial charge on any atom is 0.251 e. The van der Waals surface area contributed by atoms with E-state index in [0.717, 1.165) is 73.1 Å². The Morgan fingerprint density at radius 2 is 1.35 bits per heavy atom. The van der Waals surface area contributed by atoms with Crippen LogP contribution in [0.1, 0.15) is 87.6 Å². The van der Waals surface area contributed by atoms with Crippen molar-refractivity contribution < 1.29 is 88.7 Å². The lowest BCUT2D eigenvalue weighted by atomic mass is 9.98. The second-order valence-electron chi connectivity index (χ2n) is 23.2. The Balaban J connectivity index is 1.16. The summed E-state index contributed by atoms with van der Waals surface area (Å²) in [5, 5.41) is 111. The molecule has 30 nitrogen and oxygen atoms in total. The van der Waals surface area contributed by atoms with Crippen molar-refractivity contribution in [1.82, 2.24) is 46.6 Å². The van der Waals surface area contributed by atoms with Crippen LogP contribution in [0.25, 0.3) is 21.1 Å². The fourth-order valence-corrected chi connectivity index (χ4v) is 11.8. The van der Waals surface area contributed by atoms with Crippen LogP contribution in [0.3, 0.4) is 0 Å². The number of phenolic OH excluding ortho intramolecular Hbond substituents is 2. The molecule has 3 fully saturated rings. The van der Waals surface area contributed by atoms with Gasteiger partial charge >= 0.3 is 0 Å². The second kappa shape index (κ2) is 33.2. The zero-order chi connectivity index (χ0) is 66.9. The number of nitrogens with zero attached hydrogens (tertiary/aromatic N) is 5. The van der Waals surface area contributed by atoms with E-state index in [-0.39, 0.29) is 30.1 Å². The number of ether oxygens (including phenoxy) is 2. The molecule has 3 saturated heterocycles. The molecule has 31 heteroatoms. The number of aliphatic hydroxyl groups excluding tert-OH is 6. The van der Waals surface area contributed by atoms with Gasteiger partial charge in [-0.15, -0.1) is 10.2 Å². The summed E-state index contributed by atoms with van der Waals surface area (Å²) in [6.45, 7) is 1.94. The van der Waals surface area contributed by atoms with E-state index in [9.17, 15) is 79.2 Å². The highest BCUT2D eigenvalue weighted by molar-refractivity contribution is 7.17. The van der Waals surface area contributed by atoms with Crippen LogP contribution in [0.4, 0.5) is 0 Å². The van der Waals surface area contributed by atoms with Crippen LogP contribution in [0.5, 0.6) is 17.2 Å². The topological polar surface area (TPSA) is 474 Å². The van der Waals surface area contributed by atoms with E-state index < -0.39 is 183 Å². The van der Waals surface area contributed by atoms with Crippen LogP contribution in [0, 0.1) is 5.92 Å². The molecule has 4 heterocycles. The van der Waals surface area contributed by atoms with Gasteiger partial charge in [0.25, 0.3) is 5.91 Å². The Kier molecular flexibility index (Phi) is 25.7. The van der Waals surface area contributed by atoms with Crippen molar-refractivity contribution in [1.29, 1.82) is 0 Å². The normalized spacial score (nSPS) is 24.9. The van der Waals surface area contributed by atoms with E-state index in [1.807, 2.05) is 24.3 Å². The lowest BCUT2D eigenvalue weighted by Crippen LogP contribution is -2.64. The lowest BCUT2D eigenvalue weighted by molar-refractivity contribution is -0.147. The first-order valence-electron chi connectivity index (χ1n) is 30.3. The Labute approximate surface area is 533 Å². The predicted molar refractivity (Wildman–Crippen MR) is 331 cm³/mol. The van der Waals surface area contributed by atoms with Crippen LogP contribution in [0.2, 0.25) is 0 Å². The number of phenols is 2. The highest BCUT2D eigenvalue weighted by atomic mass is 32.1. The van der Waals surface area contributed by atoms with Gasteiger partial charge in [0.2, 0.25) is 41.4 Å². The van der Waals surface area contributed by atoms with Crippen molar-refractivity contribution in [3.8, 4) is 38.4 Å². The fraction of sp³-hybridized carbons (Fsp3) is 0.525. The number of nitrogens with one attached hydrogen (secondary N) is 5. The minimum Gasteiger partial charge on any atom is -0.504 e. The predicted octanol–water partition coefficient (Wildman–Crippen LogP) is -2.17. The van der Waals surface area contributed by atoms with E-state index in [1.165, 1.54) is 36.5 Å². The molecule has 4 aromatic rings. The minimum absolute atomic E-state index is 0.0104. The summed E-state index contributed by atoms with van der Waals surface area (Å²) < 4.78 is 11.0. The number of hydrogen-bond donors (Lipinski definition) is 15. The van der Waals surface area contributed by atoms with Crippen LogP contribution in [0.15, 0.2) is 71.7 Å². The van der Waals surface area contributed by atoms with E-state index in [2.05, 4.69) is 41.8 Å². The number of carbonyl (C=O) groups is 8. The molecule has 3 aliphatic rings. The number of unbranched alkanes of at least 4 members (excludes halogenated alkanes) is 4. The Hall–Kier alpha value is -8.43.